The third kappa shape index (κ3) is 16.7. The topological polar surface area (TPSA) is 170 Å². The first-order chi connectivity index (χ1) is 61.1. The first-order valence-electron chi connectivity index (χ1n) is 39.4. The summed E-state index contributed by atoms with van der Waals surface area (Å²) in [5.41, 5.74) is 22.3. The van der Waals surface area contributed by atoms with E-state index < -0.39 is 0 Å². The van der Waals surface area contributed by atoms with E-state index in [1.165, 1.54) is 0 Å². The van der Waals surface area contributed by atoms with E-state index in [4.69, 9.17) is 65.2 Å². The second-order valence-corrected chi connectivity index (χ2v) is 28.1. The largest absolute Gasteiger partial charge is 0.497 e. The van der Waals surface area contributed by atoms with Crippen molar-refractivity contribution in [2.24, 2.45) is 0 Å². The van der Waals surface area contributed by atoms with E-state index in [1.54, 1.807) is 28.4 Å². The van der Waals surface area contributed by atoms with Crippen LogP contribution < -0.4 is 38.5 Å². The minimum absolute atomic E-state index is 0.0986. The highest BCUT2D eigenvalue weighted by atomic mass is 16.5. The molecule has 0 aliphatic heterocycles. The van der Waals surface area contributed by atoms with Crippen LogP contribution in [-0.2, 0) is 0 Å². The number of aromatic nitrogens is 8. The lowest BCUT2D eigenvalue weighted by atomic mass is 9.98. The molecule has 592 valence electrons. The Morgan fingerprint density at radius 2 is 0.323 bits per heavy atom. The molecule has 0 amide bonds. The molecule has 4 heterocycles. The van der Waals surface area contributed by atoms with Gasteiger partial charge in [-0.2, -0.15) is 19.9 Å². The summed E-state index contributed by atoms with van der Waals surface area (Å²) in [5, 5.41) is 0. The van der Waals surface area contributed by atoms with Crippen LogP contribution >= 0.6 is 0 Å². The fourth-order valence-corrected chi connectivity index (χ4v) is 14.6. The van der Waals surface area contributed by atoms with Crippen LogP contribution in [0.25, 0.3) is 109 Å². The molecule has 0 aliphatic carbocycles. The van der Waals surface area contributed by atoms with E-state index in [1.807, 2.05) is 218 Å². The van der Waals surface area contributed by atoms with Gasteiger partial charge in [0.1, 0.15) is 45.8 Å². The van der Waals surface area contributed by atoms with Crippen LogP contribution in [0.5, 0.6) is 23.0 Å². The molecule has 18 aromatic rings. The quantitative estimate of drug-likeness (QED) is 0.0587. The minimum atomic E-state index is -0.117. The molecule has 4 aromatic heterocycles. The molecule has 0 atom stereocenters. The highest BCUT2D eigenvalue weighted by Crippen LogP contribution is 2.45. The maximum atomic E-state index is 7.66. The van der Waals surface area contributed by atoms with Crippen molar-refractivity contribution in [3.8, 4) is 90.3 Å². The molecule has 0 radical (unpaired) electrons. The Hall–Kier alpha value is -17.7. The molecular formula is C104H72N16O4. The summed E-state index contributed by atoms with van der Waals surface area (Å²) >= 11 is 0. The second kappa shape index (κ2) is 36.0. The van der Waals surface area contributed by atoms with Gasteiger partial charge < -0.3 is 57.9 Å². The van der Waals surface area contributed by atoms with Gasteiger partial charge >= 0.3 is 22.6 Å². The lowest BCUT2D eigenvalue weighted by Gasteiger charge is -2.26. The summed E-state index contributed by atoms with van der Waals surface area (Å²) in [6.45, 7) is 30.4. The second-order valence-electron chi connectivity index (χ2n) is 28.1. The third-order valence-electron chi connectivity index (χ3n) is 20.8. The van der Waals surface area contributed by atoms with E-state index in [0.29, 0.717) is 22.8 Å². The van der Waals surface area contributed by atoms with E-state index >= 15 is 0 Å². The summed E-state index contributed by atoms with van der Waals surface area (Å²) in [6, 6.07) is 122. The van der Waals surface area contributed by atoms with Crippen molar-refractivity contribution in [3.63, 3.8) is 0 Å². The number of hydrogen-bond donors (Lipinski definition) is 0. The third-order valence-corrected chi connectivity index (χ3v) is 20.8. The summed E-state index contributed by atoms with van der Waals surface area (Å²) in [6.07, 6.45) is 0. The smallest absolute Gasteiger partial charge is 0.316 e. The van der Waals surface area contributed by atoms with Crippen LogP contribution in [0.4, 0.5) is 91.5 Å². The molecule has 0 unspecified atom stereocenters. The number of rotatable bonds is 22. The molecule has 0 saturated carbocycles. The van der Waals surface area contributed by atoms with Crippen molar-refractivity contribution < 1.29 is 18.9 Å². The standard InChI is InChI=1S/C60H44N8O4.C44H28N8/c1-61-57-58(62-2)66-60-59(65-57)63-55(43-11-7-39(8-12-43)41-15-19-45(20-16-41)67(47-23-31-51(69-3)32-24-47)48-25-33-52(70-4)34-26-48)56(64-60)44-13-9-40(10-14-44)42-17-21-46(22-18-42)68(49-27-35-53(71-5)36-28-49)50-29-37-54(72-6)38-30-50;1-45-41-42(46-2)50-44-43(49-41)47-39(31-23-27-37(28-24-31)51(33-15-7-3-8-16-33)34-17-9-4-10-18-34)40(48-44)32-25-29-38(30-26-32)52(35-19-11-5-12-20-35)36-21-13-6-14-22-36/h7-38H,3-6H3;3-30H. The van der Waals surface area contributed by atoms with Gasteiger partial charge in [0.2, 0.25) is 0 Å². The Kier molecular flexibility index (Phi) is 22.9. The predicted octanol–water partition coefficient (Wildman–Crippen LogP) is 27.0. The van der Waals surface area contributed by atoms with Gasteiger partial charge in [-0.25, -0.2) is 0 Å². The lowest BCUT2D eigenvalue weighted by Crippen LogP contribution is -2.09. The first-order valence-corrected chi connectivity index (χ1v) is 39.4. The Balaban J connectivity index is 0.000000185. The van der Waals surface area contributed by atoms with Crippen molar-refractivity contribution >= 4 is 114 Å². The summed E-state index contributed by atoms with van der Waals surface area (Å²) in [7, 11) is 6.64. The van der Waals surface area contributed by atoms with E-state index in [-0.39, 0.29) is 45.9 Å². The van der Waals surface area contributed by atoms with Crippen LogP contribution in [0.15, 0.2) is 364 Å². The van der Waals surface area contributed by atoms with E-state index in [0.717, 1.165) is 136 Å². The van der Waals surface area contributed by atoms with Crippen LogP contribution in [0.1, 0.15) is 0 Å². The first kappa shape index (κ1) is 78.8. The van der Waals surface area contributed by atoms with E-state index in [2.05, 4.69) is 205 Å². The number of fused-ring (bicyclic) bond motifs is 2. The molecule has 18 rings (SSSR count). The van der Waals surface area contributed by atoms with Gasteiger partial charge in [-0.3, -0.25) is 0 Å². The van der Waals surface area contributed by atoms with Gasteiger partial charge in [0.15, 0.2) is 0 Å². The average Bonchev–Trinajstić information content (AvgIpc) is 0.767. The number of para-hydroxylation sites is 4. The highest BCUT2D eigenvalue weighted by molar-refractivity contribution is 5.91. The number of hydrogen-bond acceptors (Lipinski definition) is 16. The predicted molar refractivity (Wildman–Crippen MR) is 493 cm³/mol. The summed E-state index contributed by atoms with van der Waals surface area (Å²) in [5.74, 6) is 2.68. The minimum Gasteiger partial charge on any atom is -0.497 e. The molecule has 0 bridgehead atoms. The molecule has 0 saturated heterocycles. The van der Waals surface area contributed by atoms with Gasteiger partial charge in [-0.1, -0.05) is 196 Å². The highest BCUT2D eigenvalue weighted by Gasteiger charge is 2.26. The van der Waals surface area contributed by atoms with Crippen molar-refractivity contribution in [3.05, 3.63) is 410 Å². The lowest BCUT2D eigenvalue weighted by molar-refractivity contribution is 0.414. The molecule has 20 heteroatoms. The van der Waals surface area contributed by atoms with Crippen LogP contribution in [0.2, 0.25) is 0 Å². The molecule has 0 spiro atoms. The van der Waals surface area contributed by atoms with Crippen molar-refractivity contribution in [1.82, 2.24) is 39.9 Å². The fraction of sp³-hybridized carbons (Fsp3) is 0.0385. The molecule has 0 fully saturated rings. The molecule has 14 aromatic carbocycles. The Bertz CT molecular complexity index is 6410. The average molecular weight is 1610 g/mol. The number of benzene rings is 14. The molecule has 0 N–H and O–H groups in total. The zero-order chi connectivity index (χ0) is 84.8. The van der Waals surface area contributed by atoms with Crippen LogP contribution in [0, 0.1) is 26.3 Å². The Morgan fingerprint density at radius 3 is 0.492 bits per heavy atom. The zero-order valence-corrected chi connectivity index (χ0v) is 67.4. The Morgan fingerprint density at radius 1 is 0.177 bits per heavy atom. The van der Waals surface area contributed by atoms with Crippen molar-refractivity contribution in [2.45, 2.75) is 0 Å². The van der Waals surface area contributed by atoms with Gasteiger partial charge in [0.05, 0.1) is 28.4 Å². The summed E-state index contributed by atoms with van der Waals surface area (Å²) in [4.78, 5) is 60.0. The van der Waals surface area contributed by atoms with Gasteiger partial charge in [0.25, 0.3) is 23.3 Å². The number of ether oxygens (including phenoxy) is 4. The van der Waals surface area contributed by atoms with Gasteiger partial charge in [-0.15, -0.1) is 19.9 Å². The van der Waals surface area contributed by atoms with Crippen molar-refractivity contribution in [1.29, 1.82) is 0 Å². The van der Waals surface area contributed by atoms with Gasteiger partial charge in [0, 0.05) is 90.5 Å². The van der Waals surface area contributed by atoms with E-state index in [9.17, 15) is 0 Å². The zero-order valence-electron chi connectivity index (χ0n) is 67.4. The molecule has 0 aliphatic rings. The molecule has 20 nitrogen and oxygen atoms in total. The summed E-state index contributed by atoms with van der Waals surface area (Å²) < 4.78 is 21.8. The molecular weight excluding hydrogens is 1540 g/mol. The number of nitrogens with zero attached hydrogens (tertiary/aromatic N) is 16. The maximum Gasteiger partial charge on any atom is 0.316 e. The molecule has 124 heavy (non-hydrogen) atoms. The Labute approximate surface area is 716 Å². The van der Waals surface area contributed by atoms with Crippen molar-refractivity contribution in [2.75, 3.05) is 48.0 Å². The van der Waals surface area contributed by atoms with Crippen LogP contribution in [0.3, 0.4) is 0 Å². The van der Waals surface area contributed by atoms with Crippen LogP contribution in [-0.4, -0.2) is 68.3 Å². The maximum absolute atomic E-state index is 7.66. The number of methoxy groups -OCH3 is 4. The number of anilines is 12. The normalized spacial score (nSPS) is 10.7. The monoisotopic (exact) mass is 1610 g/mol. The SMILES string of the molecule is [C-]#[N+]c1nc2nc(-c3ccc(-c4ccc(N(c5ccc(OC)cc5)c5ccc(OC)cc5)cc4)cc3)c(-c3ccc(-c4ccc(N(c5ccc(OC)cc5)c5ccc(OC)cc5)cc4)cc3)nc2nc1[N+]#[C-].[C-]#[N+]c1nc2nc(-c3ccc(N(c4ccccc4)c4ccccc4)cc3)c(-c3ccc(N(c4ccccc4)c4ccccc4)cc3)nc2nc1[N+]#[C-]. The fourth-order valence-electron chi connectivity index (χ4n) is 14.6. The van der Waals surface area contributed by atoms with Gasteiger partial charge in [-0.05, 0) is 216 Å².